The Hall–Kier alpha value is -2.70. The molecule has 0 rings (SSSR count). The lowest BCUT2D eigenvalue weighted by Gasteiger charge is -2.23. The second-order valence-electron chi connectivity index (χ2n) is 19.0. The molecular formula is C60H107NO5. The van der Waals surface area contributed by atoms with Gasteiger partial charge in [-0.2, -0.15) is 0 Å². The van der Waals surface area contributed by atoms with Gasteiger partial charge in [0, 0.05) is 6.42 Å². The van der Waals surface area contributed by atoms with Crippen molar-refractivity contribution in [3.8, 4) is 0 Å². The van der Waals surface area contributed by atoms with Crippen LogP contribution in [0, 0.1) is 0 Å². The molecule has 3 unspecified atom stereocenters. The highest BCUT2D eigenvalue weighted by atomic mass is 16.5. The lowest BCUT2D eigenvalue weighted by atomic mass is 10.0. The smallest absolute Gasteiger partial charge is 0.306 e. The van der Waals surface area contributed by atoms with Gasteiger partial charge in [0.25, 0.3) is 0 Å². The maximum atomic E-state index is 13.2. The topological polar surface area (TPSA) is 95.9 Å². The fourth-order valence-electron chi connectivity index (χ4n) is 8.27. The quantitative estimate of drug-likeness (QED) is 0.0321. The molecule has 3 atom stereocenters. The van der Waals surface area contributed by atoms with Gasteiger partial charge >= 0.3 is 5.97 Å². The second kappa shape index (κ2) is 53.3. The summed E-state index contributed by atoms with van der Waals surface area (Å²) >= 11 is 0. The summed E-state index contributed by atoms with van der Waals surface area (Å²) in [6, 6.07) is -0.746. The van der Waals surface area contributed by atoms with E-state index in [0.717, 1.165) is 77.0 Å². The van der Waals surface area contributed by atoms with Gasteiger partial charge in [0.05, 0.1) is 25.2 Å². The predicted octanol–water partition coefficient (Wildman–Crippen LogP) is 17.3. The molecule has 382 valence electrons. The van der Waals surface area contributed by atoms with Crippen LogP contribution >= 0.6 is 0 Å². The minimum absolute atomic E-state index is 0.0503. The first kappa shape index (κ1) is 63.3. The Morgan fingerprint density at radius 1 is 0.470 bits per heavy atom. The van der Waals surface area contributed by atoms with Gasteiger partial charge < -0.3 is 20.3 Å². The number of hydrogen-bond donors (Lipinski definition) is 3. The molecule has 0 aromatic heterocycles. The van der Waals surface area contributed by atoms with Crippen molar-refractivity contribution in [1.82, 2.24) is 5.32 Å². The van der Waals surface area contributed by atoms with Gasteiger partial charge in [-0.05, 0) is 76.7 Å². The van der Waals surface area contributed by atoms with Crippen LogP contribution in [0.3, 0.4) is 0 Å². The van der Waals surface area contributed by atoms with Gasteiger partial charge in [-0.15, -0.1) is 0 Å². The van der Waals surface area contributed by atoms with E-state index in [1.54, 1.807) is 6.08 Å². The number of aliphatic hydroxyl groups excluding tert-OH is 2. The van der Waals surface area contributed by atoms with Gasteiger partial charge in [-0.3, -0.25) is 9.59 Å². The van der Waals surface area contributed by atoms with E-state index >= 15 is 0 Å². The molecule has 0 aromatic rings. The average Bonchev–Trinajstić information content (AvgIpc) is 3.31. The normalized spacial score (nSPS) is 13.7. The summed E-state index contributed by atoms with van der Waals surface area (Å²) < 4.78 is 5.83. The number of hydrogen-bond acceptors (Lipinski definition) is 5. The van der Waals surface area contributed by atoms with Crippen molar-refractivity contribution in [3.05, 3.63) is 72.9 Å². The molecular weight excluding hydrogens is 815 g/mol. The fourth-order valence-corrected chi connectivity index (χ4v) is 8.27. The molecule has 0 aromatic carbocycles. The number of amides is 1. The first-order valence-corrected chi connectivity index (χ1v) is 28.2. The van der Waals surface area contributed by atoms with E-state index in [9.17, 15) is 19.8 Å². The Labute approximate surface area is 409 Å². The molecule has 0 saturated carbocycles. The molecule has 0 fully saturated rings. The Balaban J connectivity index is 4.65. The van der Waals surface area contributed by atoms with Crippen LogP contribution < -0.4 is 5.32 Å². The van der Waals surface area contributed by atoms with E-state index in [4.69, 9.17) is 4.74 Å². The van der Waals surface area contributed by atoms with Crippen LogP contribution in [0.5, 0.6) is 0 Å². The number of allylic oxidation sites excluding steroid dienone is 11. The van der Waals surface area contributed by atoms with Gasteiger partial charge in [0.1, 0.15) is 6.10 Å². The van der Waals surface area contributed by atoms with E-state index < -0.39 is 18.2 Å². The lowest BCUT2D eigenvalue weighted by Crippen LogP contribution is -2.46. The maximum Gasteiger partial charge on any atom is 0.306 e. The van der Waals surface area contributed by atoms with Crippen LogP contribution in [0.2, 0.25) is 0 Å². The zero-order valence-electron chi connectivity index (χ0n) is 43.6. The van der Waals surface area contributed by atoms with Crippen molar-refractivity contribution in [3.63, 3.8) is 0 Å². The van der Waals surface area contributed by atoms with Gasteiger partial charge in [0.15, 0.2) is 0 Å². The van der Waals surface area contributed by atoms with Crippen LogP contribution in [-0.4, -0.2) is 46.9 Å². The van der Waals surface area contributed by atoms with Crippen molar-refractivity contribution >= 4 is 11.9 Å². The minimum atomic E-state index is -0.823. The molecule has 0 aliphatic heterocycles. The third-order valence-electron chi connectivity index (χ3n) is 12.5. The van der Waals surface area contributed by atoms with Crippen molar-refractivity contribution in [2.24, 2.45) is 0 Å². The zero-order valence-corrected chi connectivity index (χ0v) is 43.6. The van der Waals surface area contributed by atoms with Gasteiger partial charge in [0.2, 0.25) is 5.91 Å². The predicted molar refractivity (Wildman–Crippen MR) is 287 cm³/mol. The van der Waals surface area contributed by atoms with Crippen LogP contribution in [0.15, 0.2) is 72.9 Å². The van der Waals surface area contributed by atoms with Crippen LogP contribution in [0.4, 0.5) is 0 Å². The largest absolute Gasteiger partial charge is 0.458 e. The van der Waals surface area contributed by atoms with Crippen molar-refractivity contribution in [2.45, 2.75) is 289 Å². The molecule has 6 heteroatoms. The summed E-state index contributed by atoms with van der Waals surface area (Å²) in [5.41, 5.74) is 0. The fraction of sp³-hybridized carbons (Fsp3) is 0.767. The molecule has 0 bridgehead atoms. The van der Waals surface area contributed by atoms with Crippen LogP contribution in [0.25, 0.3) is 0 Å². The van der Waals surface area contributed by atoms with Crippen LogP contribution in [0.1, 0.15) is 271 Å². The molecule has 66 heavy (non-hydrogen) atoms. The number of rotatable bonds is 50. The summed E-state index contributed by atoms with van der Waals surface area (Å²) in [5.74, 6) is -0.634. The van der Waals surface area contributed by atoms with E-state index in [0.29, 0.717) is 19.3 Å². The number of carbonyl (C=O) groups excluding carboxylic acids is 2. The molecule has 0 spiro atoms. The molecule has 1 amide bonds. The maximum absolute atomic E-state index is 13.2. The highest BCUT2D eigenvalue weighted by molar-refractivity contribution is 5.78. The summed E-state index contributed by atoms with van der Waals surface area (Å²) in [6.45, 7) is 6.35. The lowest BCUT2D eigenvalue weighted by molar-refractivity contribution is -0.148. The second-order valence-corrected chi connectivity index (χ2v) is 19.0. The summed E-state index contributed by atoms with van der Waals surface area (Å²) in [5, 5.41) is 23.8. The van der Waals surface area contributed by atoms with E-state index in [2.05, 4.69) is 86.8 Å². The average molecular weight is 923 g/mol. The Morgan fingerprint density at radius 3 is 1.27 bits per heavy atom. The Kier molecular flexibility index (Phi) is 51.1. The highest BCUT2D eigenvalue weighted by Gasteiger charge is 2.23. The third-order valence-corrected chi connectivity index (χ3v) is 12.5. The van der Waals surface area contributed by atoms with Gasteiger partial charge in [-0.1, -0.05) is 255 Å². The molecule has 0 aliphatic rings. The molecule has 0 radical (unpaired) electrons. The number of carbonyl (C=O) groups is 2. The van der Waals surface area contributed by atoms with Gasteiger partial charge in [-0.25, -0.2) is 0 Å². The monoisotopic (exact) mass is 922 g/mol. The minimum Gasteiger partial charge on any atom is -0.458 e. The number of unbranched alkanes of at least 4 members (excludes halogenated alkanes) is 28. The standard InChI is InChI=1S/C60H107NO5/c1-4-7-10-13-16-19-22-25-28-30-31-34-37-40-43-46-49-52-58(63)57(55-62)61-59(64)54-56(51-48-45-42-39-36-33-27-24-21-18-15-12-9-6-3)66-60(65)53-50-47-44-41-38-35-32-29-26-23-20-17-14-11-8-5-2/h9,12,18,21,27,29,32-33,39,42,48,51,56-58,62-63H,4-8,10-11,13-17,19-20,22-26,28,30-31,34-38,40-41,43-47,49-50,52-55H2,1-3H3,(H,61,64)/b12-9+,21-18+,32-29+,33-27+,42-39+,51-48+. The number of ether oxygens (including phenoxy) is 1. The first-order chi connectivity index (χ1) is 32.5. The number of aliphatic hydroxyl groups is 2. The summed E-state index contributed by atoms with van der Waals surface area (Å²) in [4.78, 5) is 26.2. The highest BCUT2D eigenvalue weighted by Crippen LogP contribution is 2.17. The van der Waals surface area contributed by atoms with Crippen molar-refractivity contribution in [2.75, 3.05) is 6.61 Å². The SMILES string of the molecule is CC/C=C/C/C=C/C/C=C/C/C=C/C/C=C/C(CC(=O)NC(CO)C(O)CCCCCCCCCCCCCCCCCCC)OC(=O)CCCCCCC/C=C/CCCCCCCCC. The molecule has 0 aliphatic carbocycles. The van der Waals surface area contributed by atoms with Crippen LogP contribution in [-0.2, 0) is 14.3 Å². The van der Waals surface area contributed by atoms with E-state index in [-0.39, 0.29) is 24.9 Å². The first-order valence-electron chi connectivity index (χ1n) is 28.2. The Morgan fingerprint density at radius 2 is 0.848 bits per heavy atom. The van der Waals surface area contributed by atoms with E-state index in [1.165, 1.54) is 148 Å². The molecule has 6 nitrogen and oxygen atoms in total. The molecule has 3 N–H and O–H groups in total. The summed E-state index contributed by atoms with van der Waals surface area (Å²) in [6.07, 6.45) is 68.6. The number of esters is 1. The summed E-state index contributed by atoms with van der Waals surface area (Å²) in [7, 11) is 0. The van der Waals surface area contributed by atoms with Crippen molar-refractivity contribution < 1.29 is 24.5 Å². The molecule has 0 heterocycles. The Bertz CT molecular complexity index is 1220. The molecule has 0 saturated heterocycles. The third kappa shape index (κ3) is 47.8. The van der Waals surface area contributed by atoms with E-state index in [1.807, 2.05) is 6.08 Å². The zero-order chi connectivity index (χ0) is 48.1. The number of nitrogens with one attached hydrogen (secondary N) is 1. The van der Waals surface area contributed by atoms with Crippen molar-refractivity contribution in [1.29, 1.82) is 0 Å².